The molecule has 1 N–H and O–H groups in total. The number of halogens is 1. The molecular formula is C14H18ClNO. The number of carbonyl (C=O) groups excluding carboxylic acids is 1. The van der Waals surface area contributed by atoms with E-state index in [2.05, 4.69) is 5.32 Å². The number of hydrogen-bond donors (Lipinski definition) is 1. The highest BCUT2D eigenvalue weighted by atomic mass is 35.5. The fourth-order valence-electron chi connectivity index (χ4n) is 2.83. The van der Waals surface area contributed by atoms with Gasteiger partial charge in [-0.3, -0.25) is 4.79 Å². The van der Waals surface area contributed by atoms with Crippen LogP contribution in [-0.2, 0) is 10.2 Å². The maximum absolute atomic E-state index is 12.2. The van der Waals surface area contributed by atoms with E-state index in [1.165, 1.54) is 6.42 Å². The first-order valence-corrected chi connectivity index (χ1v) is 6.55. The Hall–Kier alpha value is -1.02. The van der Waals surface area contributed by atoms with Crippen molar-refractivity contribution in [3.63, 3.8) is 0 Å². The van der Waals surface area contributed by atoms with E-state index in [9.17, 15) is 4.79 Å². The van der Waals surface area contributed by atoms with E-state index in [1.807, 2.05) is 24.3 Å². The molecule has 0 heterocycles. The lowest BCUT2D eigenvalue weighted by atomic mass is 9.69. The molecule has 0 saturated heterocycles. The maximum atomic E-state index is 12.2. The van der Waals surface area contributed by atoms with Crippen molar-refractivity contribution in [3.05, 3.63) is 34.9 Å². The van der Waals surface area contributed by atoms with Crippen LogP contribution in [0.4, 0.5) is 0 Å². The minimum Gasteiger partial charge on any atom is -0.358 e. The summed E-state index contributed by atoms with van der Waals surface area (Å²) in [4.78, 5) is 12.2. The Morgan fingerprint density at radius 2 is 2.00 bits per heavy atom. The third-order valence-electron chi connectivity index (χ3n) is 3.75. The van der Waals surface area contributed by atoms with Crippen molar-refractivity contribution in [2.45, 2.75) is 37.5 Å². The monoisotopic (exact) mass is 251 g/mol. The molecule has 0 bridgehead atoms. The van der Waals surface area contributed by atoms with E-state index in [1.54, 1.807) is 7.05 Å². The summed E-state index contributed by atoms with van der Waals surface area (Å²) >= 11 is 6.04. The summed E-state index contributed by atoms with van der Waals surface area (Å²) < 4.78 is 0. The Morgan fingerprint density at radius 1 is 1.29 bits per heavy atom. The highest BCUT2D eigenvalue weighted by Gasteiger charge is 2.40. The zero-order valence-corrected chi connectivity index (χ0v) is 10.9. The van der Waals surface area contributed by atoms with E-state index < -0.39 is 0 Å². The first-order valence-electron chi connectivity index (χ1n) is 6.17. The molecule has 0 aromatic heterocycles. The molecule has 1 amide bonds. The van der Waals surface area contributed by atoms with E-state index in [4.69, 9.17) is 11.6 Å². The molecule has 1 aromatic rings. The van der Waals surface area contributed by atoms with Crippen LogP contribution in [0.25, 0.3) is 0 Å². The fraction of sp³-hybridized carbons (Fsp3) is 0.500. The van der Waals surface area contributed by atoms with Gasteiger partial charge in [0.15, 0.2) is 0 Å². The first-order chi connectivity index (χ1) is 8.19. The van der Waals surface area contributed by atoms with Gasteiger partial charge in [0.1, 0.15) is 0 Å². The lowest BCUT2D eigenvalue weighted by Crippen LogP contribution is -2.44. The van der Waals surface area contributed by atoms with Crippen LogP contribution in [0.15, 0.2) is 24.3 Å². The van der Waals surface area contributed by atoms with Crippen molar-refractivity contribution < 1.29 is 4.79 Å². The number of hydrogen-bond acceptors (Lipinski definition) is 1. The van der Waals surface area contributed by atoms with Crippen LogP contribution in [0.3, 0.4) is 0 Å². The number of carbonyl (C=O) groups is 1. The van der Waals surface area contributed by atoms with Gasteiger partial charge in [0.05, 0.1) is 5.41 Å². The molecule has 2 nitrogen and oxygen atoms in total. The van der Waals surface area contributed by atoms with E-state index in [0.717, 1.165) is 31.2 Å². The second-order valence-corrected chi connectivity index (χ2v) is 5.17. The summed E-state index contributed by atoms with van der Waals surface area (Å²) in [5, 5.41) is 3.52. The normalized spacial score (nSPS) is 18.7. The predicted molar refractivity (Wildman–Crippen MR) is 70.3 cm³/mol. The van der Waals surface area contributed by atoms with Crippen molar-refractivity contribution >= 4 is 17.5 Å². The molecule has 0 radical (unpaired) electrons. The fourth-order valence-corrected chi connectivity index (χ4v) is 3.02. The van der Waals surface area contributed by atoms with Crippen LogP contribution < -0.4 is 5.32 Å². The molecule has 17 heavy (non-hydrogen) atoms. The van der Waals surface area contributed by atoms with Crippen LogP contribution in [-0.4, -0.2) is 13.0 Å². The Labute approximate surface area is 107 Å². The molecule has 0 atom stereocenters. The number of nitrogens with one attached hydrogen (secondary N) is 1. The maximum Gasteiger partial charge on any atom is 0.230 e. The Bertz CT molecular complexity index is 410. The molecule has 1 aliphatic carbocycles. The van der Waals surface area contributed by atoms with E-state index in [0.29, 0.717) is 5.02 Å². The molecule has 3 heteroatoms. The zero-order valence-electron chi connectivity index (χ0n) is 10.1. The van der Waals surface area contributed by atoms with Gasteiger partial charge >= 0.3 is 0 Å². The molecule has 0 aliphatic heterocycles. The third kappa shape index (κ3) is 2.32. The molecule has 1 aromatic carbocycles. The third-order valence-corrected chi connectivity index (χ3v) is 3.98. The van der Waals surface area contributed by atoms with Gasteiger partial charge in [0.25, 0.3) is 0 Å². The van der Waals surface area contributed by atoms with Crippen molar-refractivity contribution in [1.29, 1.82) is 0 Å². The number of rotatable bonds is 2. The molecule has 1 aliphatic rings. The summed E-state index contributed by atoms with van der Waals surface area (Å²) in [6.45, 7) is 0. The Morgan fingerprint density at radius 3 is 2.59 bits per heavy atom. The smallest absolute Gasteiger partial charge is 0.230 e. The summed E-state index contributed by atoms with van der Waals surface area (Å²) in [5.41, 5.74) is 0.696. The van der Waals surface area contributed by atoms with Gasteiger partial charge in [0, 0.05) is 12.1 Å². The molecule has 92 valence electrons. The van der Waals surface area contributed by atoms with Gasteiger partial charge in [-0.2, -0.15) is 0 Å². The van der Waals surface area contributed by atoms with Crippen molar-refractivity contribution in [2.24, 2.45) is 0 Å². The van der Waals surface area contributed by atoms with Gasteiger partial charge in [0.2, 0.25) is 5.91 Å². The van der Waals surface area contributed by atoms with Gasteiger partial charge in [-0.25, -0.2) is 0 Å². The average molecular weight is 252 g/mol. The van der Waals surface area contributed by atoms with E-state index in [-0.39, 0.29) is 11.3 Å². The molecule has 1 saturated carbocycles. The molecule has 0 unspecified atom stereocenters. The molecule has 0 spiro atoms. The summed E-state index contributed by atoms with van der Waals surface area (Å²) in [7, 11) is 1.71. The highest BCUT2D eigenvalue weighted by Crippen LogP contribution is 2.40. The summed E-state index contributed by atoms with van der Waals surface area (Å²) in [5.74, 6) is 0.125. The zero-order chi connectivity index (χ0) is 12.3. The van der Waals surface area contributed by atoms with Crippen LogP contribution in [0.2, 0.25) is 5.02 Å². The SMILES string of the molecule is CNC(=O)C1(c2cccc(Cl)c2)CCCCC1. The van der Waals surface area contributed by atoms with Gasteiger partial charge < -0.3 is 5.32 Å². The van der Waals surface area contributed by atoms with Crippen molar-refractivity contribution in [2.75, 3.05) is 7.05 Å². The standard InChI is InChI=1S/C14H18ClNO/c1-16-13(17)14(8-3-2-4-9-14)11-6-5-7-12(15)10-11/h5-7,10H,2-4,8-9H2,1H3,(H,16,17). The van der Waals surface area contributed by atoms with Gasteiger partial charge in [-0.05, 0) is 30.5 Å². The van der Waals surface area contributed by atoms with Crippen molar-refractivity contribution in [3.8, 4) is 0 Å². The van der Waals surface area contributed by atoms with E-state index >= 15 is 0 Å². The van der Waals surface area contributed by atoms with Crippen LogP contribution in [0.1, 0.15) is 37.7 Å². The van der Waals surface area contributed by atoms with Crippen LogP contribution in [0.5, 0.6) is 0 Å². The average Bonchev–Trinajstić information content (AvgIpc) is 2.38. The second-order valence-electron chi connectivity index (χ2n) is 4.73. The van der Waals surface area contributed by atoms with Crippen molar-refractivity contribution in [1.82, 2.24) is 5.32 Å². The Kier molecular flexibility index (Phi) is 3.72. The van der Waals surface area contributed by atoms with Crippen LogP contribution >= 0.6 is 11.6 Å². The number of benzene rings is 1. The lowest BCUT2D eigenvalue weighted by molar-refractivity contribution is -0.127. The topological polar surface area (TPSA) is 29.1 Å². The molecular weight excluding hydrogens is 234 g/mol. The first kappa shape index (κ1) is 12.4. The van der Waals surface area contributed by atoms with Gasteiger partial charge in [-0.1, -0.05) is 43.0 Å². The largest absolute Gasteiger partial charge is 0.358 e. The van der Waals surface area contributed by atoms with Crippen LogP contribution in [0, 0.1) is 0 Å². The molecule has 2 rings (SSSR count). The highest BCUT2D eigenvalue weighted by molar-refractivity contribution is 6.30. The summed E-state index contributed by atoms with van der Waals surface area (Å²) in [6.07, 6.45) is 5.29. The number of amides is 1. The number of likely N-dealkylation sites (N-methyl/N-ethyl adjacent to an activating group) is 1. The quantitative estimate of drug-likeness (QED) is 0.859. The second kappa shape index (κ2) is 5.09. The minimum atomic E-state index is -0.363. The Balaban J connectivity index is 2.42. The predicted octanol–water partition coefficient (Wildman–Crippen LogP) is 3.29. The summed E-state index contributed by atoms with van der Waals surface area (Å²) in [6, 6.07) is 7.73. The molecule has 1 fully saturated rings. The minimum absolute atomic E-state index is 0.125. The van der Waals surface area contributed by atoms with Gasteiger partial charge in [-0.15, -0.1) is 0 Å². The lowest BCUT2D eigenvalue weighted by Gasteiger charge is -2.36.